The Morgan fingerprint density at radius 1 is 1.29 bits per heavy atom. The van der Waals surface area contributed by atoms with E-state index in [1.165, 1.54) is 0 Å². The second-order valence-corrected chi connectivity index (χ2v) is 7.61. The largest absolute Gasteiger partial charge is 0.351 e. The fourth-order valence-corrected chi connectivity index (χ4v) is 3.49. The lowest BCUT2D eigenvalue weighted by Gasteiger charge is -2.16. The number of hydrogen-bond donors (Lipinski definition) is 1. The number of hydrogen-bond acceptors (Lipinski definition) is 4. The van der Waals surface area contributed by atoms with Gasteiger partial charge >= 0.3 is 0 Å². The van der Waals surface area contributed by atoms with Crippen LogP contribution in [0.2, 0.25) is 0 Å². The van der Waals surface area contributed by atoms with Crippen LogP contribution in [-0.4, -0.2) is 32.2 Å². The second-order valence-electron chi connectivity index (χ2n) is 7.61. The molecule has 1 N–H and O–H groups in total. The lowest BCUT2D eigenvalue weighted by atomic mass is 10.0. The maximum absolute atomic E-state index is 12.8. The van der Waals surface area contributed by atoms with Gasteiger partial charge in [-0.1, -0.05) is 19.1 Å². The highest BCUT2D eigenvalue weighted by atomic mass is 16.1. The quantitative estimate of drug-likeness (QED) is 0.687. The first kappa shape index (κ1) is 18.3. The molecule has 1 aliphatic carbocycles. The maximum atomic E-state index is 12.8. The van der Waals surface area contributed by atoms with Crippen LogP contribution in [0, 0.1) is 12.3 Å². The highest BCUT2D eigenvalue weighted by Gasteiger charge is 2.43. The van der Waals surface area contributed by atoms with Crippen LogP contribution in [0.4, 0.5) is 0 Å². The molecule has 6 nitrogen and oxygen atoms in total. The highest BCUT2D eigenvalue weighted by Crippen LogP contribution is 2.46. The molecular weight excluding hydrogens is 350 g/mol. The molecule has 3 aromatic rings. The van der Waals surface area contributed by atoms with Gasteiger partial charge in [0.25, 0.3) is 5.91 Å². The van der Waals surface area contributed by atoms with Crippen LogP contribution in [0.5, 0.6) is 0 Å². The monoisotopic (exact) mass is 375 g/mol. The number of carbonyl (C=O) groups is 1. The molecule has 0 radical (unpaired) electrons. The van der Waals surface area contributed by atoms with Gasteiger partial charge in [0.1, 0.15) is 5.82 Å². The number of benzene rings is 1. The van der Waals surface area contributed by atoms with Gasteiger partial charge in [-0.15, -0.1) is 0 Å². The molecule has 1 aromatic carbocycles. The van der Waals surface area contributed by atoms with Crippen molar-refractivity contribution < 1.29 is 4.79 Å². The minimum Gasteiger partial charge on any atom is -0.351 e. The Bertz CT molecular complexity index is 976. The normalized spacial score (nSPS) is 14.6. The molecule has 4 rings (SSSR count). The first-order valence-corrected chi connectivity index (χ1v) is 9.77. The molecule has 28 heavy (non-hydrogen) atoms. The zero-order chi connectivity index (χ0) is 19.6. The Morgan fingerprint density at radius 3 is 2.86 bits per heavy atom. The smallest absolute Gasteiger partial charge is 0.251 e. The third-order valence-corrected chi connectivity index (χ3v) is 5.40. The summed E-state index contributed by atoms with van der Waals surface area (Å²) in [4.78, 5) is 21.6. The van der Waals surface area contributed by atoms with Crippen molar-refractivity contribution in [2.75, 3.05) is 6.54 Å². The highest BCUT2D eigenvalue weighted by molar-refractivity contribution is 5.95. The molecule has 1 amide bonds. The molecule has 6 heteroatoms. The van der Waals surface area contributed by atoms with Crippen molar-refractivity contribution in [2.45, 2.75) is 39.7 Å². The van der Waals surface area contributed by atoms with Crippen molar-refractivity contribution in [3.05, 3.63) is 65.9 Å². The third-order valence-electron chi connectivity index (χ3n) is 5.40. The van der Waals surface area contributed by atoms with Crippen molar-refractivity contribution in [3.63, 3.8) is 0 Å². The van der Waals surface area contributed by atoms with E-state index < -0.39 is 0 Å². The standard InChI is InChI=1S/C22H25N5O/c1-3-17-13-23-16(2)26-20(17)18-6-4-7-19(12-18)21(28)24-14-22(8-9-22)15-27-11-5-10-25-27/h4-7,10-13H,3,8-9,14-15H2,1-2H3,(H,24,28). The zero-order valence-electron chi connectivity index (χ0n) is 16.4. The Balaban J connectivity index is 1.47. The SMILES string of the molecule is CCc1cnc(C)nc1-c1cccc(C(=O)NCC2(Cn3cccn3)CC2)c1. The summed E-state index contributed by atoms with van der Waals surface area (Å²) in [5.74, 6) is 0.689. The van der Waals surface area contributed by atoms with Gasteiger partial charge in [-0.25, -0.2) is 9.97 Å². The summed E-state index contributed by atoms with van der Waals surface area (Å²) < 4.78 is 1.95. The zero-order valence-corrected chi connectivity index (χ0v) is 16.4. The molecule has 2 heterocycles. The van der Waals surface area contributed by atoms with Gasteiger partial charge in [0.2, 0.25) is 0 Å². The third kappa shape index (κ3) is 3.96. The van der Waals surface area contributed by atoms with E-state index in [9.17, 15) is 4.79 Å². The van der Waals surface area contributed by atoms with Gasteiger partial charge in [0.15, 0.2) is 0 Å². The topological polar surface area (TPSA) is 72.7 Å². The van der Waals surface area contributed by atoms with Crippen LogP contribution in [0.25, 0.3) is 11.3 Å². The van der Waals surface area contributed by atoms with Crippen LogP contribution in [-0.2, 0) is 13.0 Å². The van der Waals surface area contributed by atoms with E-state index in [1.807, 2.05) is 54.3 Å². The van der Waals surface area contributed by atoms with Crippen molar-refractivity contribution >= 4 is 5.91 Å². The van der Waals surface area contributed by atoms with E-state index >= 15 is 0 Å². The summed E-state index contributed by atoms with van der Waals surface area (Å²) in [7, 11) is 0. The summed E-state index contributed by atoms with van der Waals surface area (Å²) in [6, 6.07) is 9.62. The van der Waals surface area contributed by atoms with Crippen LogP contribution >= 0.6 is 0 Å². The molecule has 2 aromatic heterocycles. The average molecular weight is 375 g/mol. The molecule has 0 saturated heterocycles. The summed E-state index contributed by atoms with van der Waals surface area (Å²) in [5, 5.41) is 7.41. The van der Waals surface area contributed by atoms with Gasteiger partial charge < -0.3 is 5.32 Å². The van der Waals surface area contributed by atoms with E-state index in [2.05, 4.69) is 27.3 Å². The van der Waals surface area contributed by atoms with E-state index in [0.717, 1.165) is 48.5 Å². The average Bonchev–Trinajstić information content (AvgIpc) is 3.29. The first-order chi connectivity index (χ1) is 13.6. The Labute approximate surface area is 165 Å². The lowest BCUT2D eigenvalue weighted by Crippen LogP contribution is -2.32. The number of amides is 1. The molecule has 144 valence electrons. The second kappa shape index (κ2) is 7.54. The Hall–Kier alpha value is -3.02. The van der Waals surface area contributed by atoms with E-state index in [1.54, 1.807) is 6.20 Å². The van der Waals surface area contributed by atoms with Gasteiger partial charge in [-0.3, -0.25) is 9.48 Å². The molecule has 1 saturated carbocycles. The fraction of sp³-hybridized carbons (Fsp3) is 0.364. The van der Waals surface area contributed by atoms with Crippen LogP contribution in [0.15, 0.2) is 48.9 Å². The molecule has 0 aliphatic heterocycles. The lowest BCUT2D eigenvalue weighted by molar-refractivity contribution is 0.0942. The van der Waals surface area contributed by atoms with Crippen LogP contribution < -0.4 is 5.32 Å². The van der Waals surface area contributed by atoms with E-state index in [0.29, 0.717) is 12.1 Å². The molecule has 0 bridgehead atoms. The van der Waals surface area contributed by atoms with E-state index in [4.69, 9.17) is 0 Å². The molecule has 1 aliphatic rings. The summed E-state index contributed by atoms with van der Waals surface area (Å²) >= 11 is 0. The number of aryl methyl sites for hydroxylation is 2. The van der Waals surface area contributed by atoms with Gasteiger partial charge in [0, 0.05) is 48.2 Å². The van der Waals surface area contributed by atoms with Gasteiger partial charge in [0.05, 0.1) is 5.69 Å². The Kier molecular flexibility index (Phi) is 4.94. The van der Waals surface area contributed by atoms with Crippen molar-refractivity contribution in [2.24, 2.45) is 5.41 Å². The van der Waals surface area contributed by atoms with Gasteiger partial charge in [-0.05, 0) is 49.9 Å². The minimum atomic E-state index is -0.0441. The van der Waals surface area contributed by atoms with Crippen molar-refractivity contribution in [1.82, 2.24) is 25.1 Å². The Morgan fingerprint density at radius 2 is 2.14 bits per heavy atom. The fourth-order valence-electron chi connectivity index (χ4n) is 3.49. The summed E-state index contributed by atoms with van der Waals surface area (Å²) in [6.45, 7) is 5.49. The number of rotatable bonds is 7. The summed E-state index contributed by atoms with van der Waals surface area (Å²) in [6.07, 6.45) is 8.72. The van der Waals surface area contributed by atoms with Crippen LogP contribution in [0.3, 0.4) is 0 Å². The molecule has 1 fully saturated rings. The number of nitrogens with zero attached hydrogens (tertiary/aromatic N) is 4. The molecule has 0 spiro atoms. The van der Waals surface area contributed by atoms with Crippen molar-refractivity contribution in [1.29, 1.82) is 0 Å². The first-order valence-electron chi connectivity index (χ1n) is 9.77. The van der Waals surface area contributed by atoms with Crippen LogP contribution in [0.1, 0.15) is 41.5 Å². The predicted octanol–water partition coefficient (Wildman–Crippen LogP) is 3.42. The molecule has 0 atom stereocenters. The number of aromatic nitrogens is 4. The molecular formula is C22H25N5O. The predicted molar refractivity (Wildman–Crippen MR) is 108 cm³/mol. The van der Waals surface area contributed by atoms with E-state index in [-0.39, 0.29) is 11.3 Å². The summed E-state index contributed by atoms with van der Waals surface area (Å²) in [5.41, 5.74) is 3.73. The molecule has 0 unspecified atom stereocenters. The number of carbonyl (C=O) groups excluding carboxylic acids is 1. The minimum absolute atomic E-state index is 0.0441. The maximum Gasteiger partial charge on any atom is 0.251 e. The van der Waals surface area contributed by atoms with Crippen molar-refractivity contribution in [3.8, 4) is 11.3 Å². The van der Waals surface area contributed by atoms with Gasteiger partial charge in [-0.2, -0.15) is 5.10 Å². The number of nitrogens with one attached hydrogen (secondary N) is 1.